The maximum atomic E-state index is 9.94. The first-order chi connectivity index (χ1) is 7.65. The van der Waals surface area contributed by atoms with E-state index in [-0.39, 0.29) is 0 Å². The molecule has 2 aromatic heterocycles. The number of aryl methyl sites for hydroxylation is 2. The fourth-order valence-corrected chi connectivity index (χ4v) is 2.00. The van der Waals surface area contributed by atoms with E-state index in [1.807, 2.05) is 19.2 Å². The summed E-state index contributed by atoms with van der Waals surface area (Å²) in [4.78, 5) is 12.6. The summed E-state index contributed by atoms with van der Waals surface area (Å²) in [7, 11) is 0. The van der Waals surface area contributed by atoms with Gasteiger partial charge in [-0.15, -0.1) is 11.3 Å². The quantitative estimate of drug-likeness (QED) is 0.881. The molecule has 0 spiro atoms. The van der Waals surface area contributed by atoms with E-state index in [2.05, 4.69) is 15.0 Å². The minimum atomic E-state index is -0.630. The molecule has 0 aliphatic carbocycles. The van der Waals surface area contributed by atoms with Gasteiger partial charge < -0.3 is 5.11 Å². The van der Waals surface area contributed by atoms with E-state index < -0.39 is 6.10 Å². The summed E-state index contributed by atoms with van der Waals surface area (Å²) in [5.74, 6) is 0. The smallest absolute Gasteiger partial charge is 0.103 e. The van der Waals surface area contributed by atoms with Crippen molar-refractivity contribution in [3.63, 3.8) is 0 Å². The van der Waals surface area contributed by atoms with Gasteiger partial charge in [0.25, 0.3) is 0 Å². The van der Waals surface area contributed by atoms with Crippen LogP contribution in [0.4, 0.5) is 0 Å². The highest BCUT2D eigenvalue weighted by molar-refractivity contribution is 7.09. The number of aliphatic hydroxyl groups excluding tert-OH is 1. The second-order valence-corrected chi connectivity index (χ2v) is 4.72. The van der Waals surface area contributed by atoms with Gasteiger partial charge in [0, 0.05) is 18.0 Å². The predicted octanol–water partition coefficient (Wildman–Crippen LogP) is 1.83. The molecule has 0 radical (unpaired) electrons. The van der Waals surface area contributed by atoms with Crippen molar-refractivity contribution in [2.24, 2.45) is 0 Å². The first kappa shape index (κ1) is 11.2. The lowest BCUT2D eigenvalue weighted by Crippen LogP contribution is -2.05. The van der Waals surface area contributed by atoms with E-state index in [1.54, 1.807) is 23.7 Å². The van der Waals surface area contributed by atoms with Crippen LogP contribution >= 0.6 is 11.3 Å². The van der Waals surface area contributed by atoms with Crippen molar-refractivity contribution < 1.29 is 5.11 Å². The Bertz CT molecular complexity index is 466. The van der Waals surface area contributed by atoms with Gasteiger partial charge in [-0.3, -0.25) is 9.97 Å². The fraction of sp³-hybridized carbons (Fsp3) is 0.364. The minimum Gasteiger partial charge on any atom is -0.386 e. The molecule has 4 nitrogen and oxygen atoms in total. The van der Waals surface area contributed by atoms with Crippen molar-refractivity contribution in [3.8, 4) is 0 Å². The molecule has 5 heteroatoms. The second-order valence-electron chi connectivity index (χ2n) is 3.66. The van der Waals surface area contributed by atoms with Crippen LogP contribution < -0.4 is 0 Å². The Morgan fingerprint density at radius 2 is 2.12 bits per heavy atom. The highest BCUT2D eigenvalue weighted by Gasteiger charge is 2.12. The summed E-state index contributed by atoms with van der Waals surface area (Å²) in [6.45, 7) is 3.82. The van der Waals surface area contributed by atoms with Crippen LogP contribution in [0.5, 0.6) is 0 Å². The van der Waals surface area contributed by atoms with E-state index in [4.69, 9.17) is 0 Å². The van der Waals surface area contributed by atoms with E-state index >= 15 is 0 Å². The Morgan fingerprint density at radius 3 is 2.69 bits per heavy atom. The van der Waals surface area contributed by atoms with E-state index in [0.717, 1.165) is 16.4 Å². The van der Waals surface area contributed by atoms with Crippen molar-refractivity contribution >= 4 is 11.3 Å². The molecule has 84 valence electrons. The minimum absolute atomic E-state index is 0.488. The van der Waals surface area contributed by atoms with Gasteiger partial charge >= 0.3 is 0 Å². The van der Waals surface area contributed by atoms with Gasteiger partial charge in [0.05, 0.1) is 28.3 Å². The first-order valence-electron chi connectivity index (χ1n) is 5.03. The molecule has 0 amide bonds. The molecule has 1 N–H and O–H groups in total. The molecule has 0 bridgehead atoms. The van der Waals surface area contributed by atoms with Gasteiger partial charge in [-0.1, -0.05) is 0 Å². The Kier molecular flexibility index (Phi) is 3.26. The van der Waals surface area contributed by atoms with Crippen LogP contribution in [0.1, 0.15) is 28.2 Å². The Hall–Kier alpha value is -1.33. The van der Waals surface area contributed by atoms with Crippen LogP contribution in [0.3, 0.4) is 0 Å². The Balaban J connectivity index is 2.08. The molecule has 2 heterocycles. The van der Waals surface area contributed by atoms with Crippen molar-refractivity contribution in [2.45, 2.75) is 26.4 Å². The van der Waals surface area contributed by atoms with Crippen LogP contribution in [-0.2, 0) is 6.42 Å². The third-order valence-electron chi connectivity index (χ3n) is 2.21. The van der Waals surface area contributed by atoms with Crippen LogP contribution in [0.2, 0.25) is 0 Å². The summed E-state index contributed by atoms with van der Waals surface area (Å²) in [5.41, 5.74) is 2.34. The lowest BCUT2D eigenvalue weighted by atomic mass is 10.1. The highest BCUT2D eigenvalue weighted by atomic mass is 32.1. The van der Waals surface area contributed by atoms with Gasteiger partial charge in [0.15, 0.2) is 0 Å². The average Bonchev–Trinajstić information content (AvgIpc) is 2.65. The van der Waals surface area contributed by atoms with Gasteiger partial charge in [0.1, 0.15) is 6.10 Å². The van der Waals surface area contributed by atoms with Gasteiger partial charge in [0.2, 0.25) is 0 Å². The summed E-state index contributed by atoms with van der Waals surface area (Å²) in [6, 6.07) is 0. The standard InChI is InChI=1S/C11H13N3OS/c1-7-4-13-10(5-12-7)11(15)3-9-6-16-8(2)14-9/h4-6,11,15H,3H2,1-2H3. The molecule has 2 rings (SSSR count). The normalized spacial score (nSPS) is 12.7. The molecule has 0 aliphatic heterocycles. The average molecular weight is 235 g/mol. The second kappa shape index (κ2) is 4.67. The molecule has 1 unspecified atom stereocenters. The Morgan fingerprint density at radius 1 is 1.31 bits per heavy atom. The fourth-order valence-electron chi connectivity index (χ4n) is 1.38. The number of rotatable bonds is 3. The monoisotopic (exact) mass is 235 g/mol. The SMILES string of the molecule is Cc1cnc(C(O)Cc2csc(C)n2)cn1. The lowest BCUT2D eigenvalue weighted by molar-refractivity contribution is 0.172. The van der Waals surface area contributed by atoms with E-state index in [9.17, 15) is 5.11 Å². The molecule has 1 atom stereocenters. The van der Waals surface area contributed by atoms with Gasteiger partial charge in [-0.05, 0) is 13.8 Å². The summed E-state index contributed by atoms with van der Waals surface area (Å²) in [6.07, 6.45) is 3.13. The summed E-state index contributed by atoms with van der Waals surface area (Å²) < 4.78 is 0. The third-order valence-corrected chi connectivity index (χ3v) is 3.03. The maximum absolute atomic E-state index is 9.94. The zero-order chi connectivity index (χ0) is 11.5. The predicted molar refractivity (Wildman–Crippen MR) is 62.3 cm³/mol. The van der Waals surface area contributed by atoms with Crippen LogP contribution in [-0.4, -0.2) is 20.1 Å². The van der Waals surface area contributed by atoms with Crippen molar-refractivity contribution in [1.29, 1.82) is 0 Å². The molecule has 0 saturated heterocycles. The zero-order valence-corrected chi connectivity index (χ0v) is 10.0. The molecule has 0 aliphatic rings. The van der Waals surface area contributed by atoms with Gasteiger partial charge in [-0.2, -0.15) is 0 Å². The number of nitrogens with zero attached hydrogens (tertiary/aromatic N) is 3. The number of hydrogen-bond donors (Lipinski definition) is 1. The van der Waals surface area contributed by atoms with Crippen LogP contribution in [0.15, 0.2) is 17.8 Å². The first-order valence-corrected chi connectivity index (χ1v) is 5.91. The number of aliphatic hydroxyl groups is 1. The molecule has 0 fully saturated rings. The van der Waals surface area contributed by atoms with Crippen molar-refractivity contribution in [1.82, 2.24) is 15.0 Å². The lowest BCUT2D eigenvalue weighted by Gasteiger charge is -2.07. The number of thiazole rings is 1. The van der Waals surface area contributed by atoms with Crippen molar-refractivity contribution in [3.05, 3.63) is 39.9 Å². The molecule has 2 aromatic rings. The topological polar surface area (TPSA) is 58.9 Å². The van der Waals surface area contributed by atoms with Crippen LogP contribution in [0.25, 0.3) is 0 Å². The van der Waals surface area contributed by atoms with E-state index in [1.165, 1.54) is 0 Å². The molecule has 0 aromatic carbocycles. The highest BCUT2D eigenvalue weighted by Crippen LogP contribution is 2.17. The molecular weight excluding hydrogens is 222 g/mol. The van der Waals surface area contributed by atoms with E-state index in [0.29, 0.717) is 12.1 Å². The zero-order valence-electron chi connectivity index (χ0n) is 9.21. The molecule has 16 heavy (non-hydrogen) atoms. The summed E-state index contributed by atoms with van der Waals surface area (Å²) in [5, 5.41) is 12.9. The Labute approximate surface area is 98.0 Å². The molecule has 0 saturated carbocycles. The maximum Gasteiger partial charge on any atom is 0.103 e. The molecular formula is C11H13N3OS. The largest absolute Gasteiger partial charge is 0.386 e. The third kappa shape index (κ3) is 2.62. The van der Waals surface area contributed by atoms with Gasteiger partial charge in [-0.25, -0.2) is 4.98 Å². The number of aromatic nitrogens is 3. The van der Waals surface area contributed by atoms with Crippen molar-refractivity contribution in [2.75, 3.05) is 0 Å². The summed E-state index contributed by atoms with van der Waals surface area (Å²) >= 11 is 1.59. The van der Waals surface area contributed by atoms with Crippen LogP contribution in [0, 0.1) is 13.8 Å². The number of hydrogen-bond acceptors (Lipinski definition) is 5.